The van der Waals surface area contributed by atoms with Gasteiger partial charge in [0.25, 0.3) is 0 Å². The second-order valence-electron chi connectivity index (χ2n) is 4.46. The average molecular weight is 325 g/mol. The smallest absolute Gasteiger partial charge is 0.325 e. The molecule has 2 rings (SSSR count). The summed E-state index contributed by atoms with van der Waals surface area (Å²) in [6.45, 7) is 1.42. The zero-order chi connectivity index (χ0) is 15.4. The average Bonchev–Trinajstić information content (AvgIpc) is 2.86. The number of carbonyl (C=O) groups is 2. The molecule has 1 atom stereocenters. The highest BCUT2D eigenvalue weighted by atomic mass is 35.5. The first-order chi connectivity index (χ1) is 9.95. The summed E-state index contributed by atoms with van der Waals surface area (Å²) in [5.41, 5.74) is 1.49. The Morgan fingerprint density at radius 2 is 2.24 bits per heavy atom. The van der Waals surface area contributed by atoms with Crippen molar-refractivity contribution in [1.82, 2.24) is 10.3 Å². The minimum atomic E-state index is -1.07. The third-order valence-corrected chi connectivity index (χ3v) is 3.89. The molecule has 0 unspecified atom stereocenters. The summed E-state index contributed by atoms with van der Waals surface area (Å²) in [5, 5.41) is 14.3. The van der Waals surface area contributed by atoms with Gasteiger partial charge in [-0.3, -0.25) is 9.59 Å². The molecule has 0 radical (unpaired) electrons. The third-order valence-electron chi connectivity index (χ3n) is 2.71. The van der Waals surface area contributed by atoms with Crippen LogP contribution in [0.25, 0.3) is 10.6 Å². The molecule has 1 aromatic carbocycles. The zero-order valence-corrected chi connectivity index (χ0v) is 12.7. The molecule has 0 bridgehead atoms. The van der Waals surface area contributed by atoms with Crippen molar-refractivity contribution in [3.05, 3.63) is 40.4 Å². The molecule has 0 aliphatic rings. The van der Waals surface area contributed by atoms with E-state index in [2.05, 4.69) is 10.3 Å². The molecule has 0 aliphatic carbocycles. The number of aliphatic carboxylic acids is 1. The largest absolute Gasteiger partial charge is 0.480 e. The molecule has 0 spiro atoms. The van der Waals surface area contributed by atoms with Gasteiger partial charge in [-0.15, -0.1) is 11.3 Å². The number of nitrogens with one attached hydrogen (secondary N) is 1. The van der Waals surface area contributed by atoms with Gasteiger partial charge >= 0.3 is 5.97 Å². The maximum absolute atomic E-state index is 11.7. The Bertz CT molecular complexity index is 672. The molecule has 0 saturated carbocycles. The van der Waals surface area contributed by atoms with Crippen molar-refractivity contribution < 1.29 is 14.7 Å². The number of carboxylic acids is 1. The molecule has 1 aromatic heterocycles. The molecule has 0 aliphatic heterocycles. The van der Waals surface area contributed by atoms with Crippen LogP contribution in [-0.4, -0.2) is 28.0 Å². The monoisotopic (exact) mass is 324 g/mol. The van der Waals surface area contributed by atoms with Crippen molar-refractivity contribution in [2.75, 3.05) is 0 Å². The zero-order valence-electron chi connectivity index (χ0n) is 11.2. The van der Waals surface area contributed by atoms with Crippen LogP contribution in [0.3, 0.4) is 0 Å². The molecular weight excluding hydrogens is 312 g/mol. The highest BCUT2D eigenvalue weighted by Gasteiger charge is 2.15. The number of aromatic nitrogens is 1. The van der Waals surface area contributed by atoms with Crippen LogP contribution in [0.15, 0.2) is 29.6 Å². The Labute approximate surface area is 130 Å². The minimum absolute atomic E-state index is 0.0503. The van der Waals surface area contributed by atoms with Crippen LogP contribution in [0.5, 0.6) is 0 Å². The van der Waals surface area contributed by atoms with Crippen LogP contribution in [0.2, 0.25) is 5.02 Å². The first-order valence-corrected chi connectivity index (χ1v) is 7.44. The molecular formula is C14H13ClN2O3S. The predicted molar refractivity (Wildman–Crippen MR) is 81.5 cm³/mol. The Morgan fingerprint density at radius 1 is 1.48 bits per heavy atom. The van der Waals surface area contributed by atoms with Crippen LogP contribution in [0.4, 0.5) is 0 Å². The SMILES string of the molecule is C[C@@H](NC(=O)Cc1csc(-c2cccc(Cl)c2)n1)C(=O)O. The van der Waals surface area contributed by atoms with Gasteiger partial charge in [0.15, 0.2) is 0 Å². The standard InChI is InChI=1S/C14H13ClN2O3S/c1-8(14(19)20)16-12(18)6-11-7-21-13(17-11)9-3-2-4-10(15)5-9/h2-5,7-8H,6H2,1H3,(H,16,18)(H,19,20)/t8-/m1/s1. The van der Waals surface area contributed by atoms with Gasteiger partial charge in [-0.25, -0.2) is 4.98 Å². The van der Waals surface area contributed by atoms with Crippen molar-refractivity contribution in [2.45, 2.75) is 19.4 Å². The highest BCUT2D eigenvalue weighted by Crippen LogP contribution is 2.26. The Hall–Kier alpha value is -1.92. The number of thiazole rings is 1. The molecule has 1 amide bonds. The van der Waals surface area contributed by atoms with Gasteiger partial charge in [0.1, 0.15) is 11.0 Å². The van der Waals surface area contributed by atoms with E-state index in [-0.39, 0.29) is 12.3 Å². The van der Waals surface area contributed by atoms with Gasteiger partial charge < -0.3 is 10.4 Å². The first-order valence-electron chi connectivity index (χ1n) is 6.18. The topological polar surface area (TPSA) is 79.3 Å². The fourth-order valence-corrected chi connectivity index (χ4v) is 2.67. The summed E-state index contributed by atoms with van der Waals surface area (Å²) in [4.78, 5) is 26.7. The van der Waals surface area contributed by atoms with E-state index in [1.165, 1.54) is 18.3 Å². The van der Waals surface area contributed by atoms with Crippen molar-refractivity contribution in [1.29, 1.82) is 0 Å². The van der Waals surface area contributed by atoms with E-state index in [0.717, 1.165) is 10.6 Å². The highest BCUT2D eigenvalue weighted by molar-refractivity contribution is 7.13. The number of nitrogens with zero attached hydrogens (tertiary/aromatic N) is 1. The van der Waals surface area contributed by atoms with Gasteiger partial charge in [0.05, 0.1) is 12.1 Å². The number of hydrogen-bond acceptors (Lipinski definition) is 4. The van der Waals surface area contributed by atoms with Crippen molar-refractivity contribution >= 4 is 34.8 Å². The number of halogens is 1. The maximum Gasteiger partial charge on any atom is 0.325 e. The minimum Gasteiger partial charge on any atom is -0.480 e. The number of carboxylic acid groups (broad SMARTS) is 1. The van der Waals surface area contributed by atoms with Gasteiger partial charge in [-0.05, 0) is 19.1 Å². The molecule has 7 heteroatoms. The van der Waals surface area contributed by atoms with Crippen LogP contribution in [0, 0.1) is 0 Å². The number of hydrogen-bond donors (Lipinski definition) is 2. The second-order valence-corrected chi connectivity index (χ2v) is 5.75. The molecule has 2 N–H and O–H groups in total. The Kier molecular flexibility index (Phi) is 4.93. The number of rotatable bonds is 5. The second kappa shape index (κ2) is 6.69. The Balaban J connectivity index is 2.03. The lowest BCUT2D eigenvalue weighted by Gasteiger charge is -2.07. The van der Waals surface area contributed by atoms with Crippen molar-refractivity contribution in [3.8, 4) is 10.6 Å². The number of amides is 1. The summed E-state index contributed by atoms with van der Waals surface area (Å²) in [5.74, 6) is -1.44. The summed E-state index contributed by atoms with van der Waals surface area (Å²) >= 11 is 7.34. The lowest BCUT2D eigenvalue weighted by molar-refractivity contribution is -0.141. The summed E-state index contributed by atoms with van der Waals surface area (Å²) in [6, 6.07) is 6.39. The summed E-state index contributed by atoms with van der Waals surface area (Å²) in [7, 11) is 0. The van der Waals surface area contributed by atoms with Gasteiger partial charge in [-0.2, -0.15) is 0 Å². The molecule has 110 valence electrons. The third kappa shape index (κ3) is 4.27. The molecule has 2 aromatic rings. The summed E-state index contributed by atoms with van der Waals surface area (Å²) in [6.07, 6.45) is 0.0503. The fourth-order valence-electron chi connectivity index (χ4n) is 1.66. The predicted octanol–water partition coefficient (Wildman–Crippen LogP) is 2.60. The molecule has 1 heterocycles. The quantitative estimate of drug-likeness (QED) is 0.886. The van der Waals surface area contributed by atoms with E-state index >= 15 is 0 Å². The lowest BCUT2D eigenvalue weighted by Crippen LogP contribution is -2.39. The normalized spacial score (nSPS) is 11.9. The van der Waals surface area contributed by atoms with Gasteiger partial charge in [0, 0.05) is 16.0 Å². The van der Waals surface area contributed by atoms with E-state index in [4.69, 9.17) is 16.7 Å². The van der Waals surface area contributed by atoms with E-state index in [9.17, 15) is 9.59 Å². The summed E-state index contributed by atoms with van der Waals surface area (Å²) < 4.78 is 0. The van der Waals surface area contributed by atoms with E-state index in [0.29, 0.717) is 10.7 Å². The first kappa shape index (κ1) is 15.5. The molecule has 21 heavy (non-hydrogen) atoms. The molecule has 5 nitrogen and oxygen atoms in total. The van der Waals surface area contributed by atoms with Crippen molar-refractivity contribution in [2.24, 2.45) is 0 Å². The fraction of sp³-hybridized carbons (Fsp3) is 0.214. The van der Waals surface area contributed by atoms with Crippen LogP contribution < -0.4 is 5.32 Å². The van der Waals surface area contributed by atoms with E-state index in [1.807, 2.05) is 12.1 Å². The lowest BCUT2D eigenvalue weighted by atomic mass is 10.2. The van der Waals surface area contributed by atoms with E-state index < -0.39 is 12.0 Å². The van der Waals surface area contributed by atoms with Crippen LogP contribution in [0.1, 0.15) is 12.6 Å². The van der Waals surface area contributed by atoms with Gasteiger partial charge in [-0.1, -0.05) is 23.7 Å². The Morgan fingerprint density at radius 3 is 2.90 bits per heavy atom. The van der Waals surface area contributed by atoms with Gasteiger partial charge in [0.2, 0.25) is 5.91 Å². The number of benzene rings is 1. The van der Waals surface area contributed by atoms with Crippen LogP contribution in [-0.2, 0) is 16.0 Å². The van der Waals surface area contributed by atoms with Crippen LogP contribution >= 0.6 is 22.9 Å². The number of carbonyl (C=O) groups excluding carboxylic acids is 1. The maximum atomic E-state index is 11.7. The van der Waals surface area contributed by atoms with E-state index in [1.54, 1.807) is 17.5 Å². The molecule has 0 saturated heterocycles. The van der Waals surface area contributed by atoms with Crippen molar-refractivity contribution in [3.63, 3.8) is 0 Å². The molecule has 0 fully saturated rings.